The van der Waals surface area contributed by atoms with Crippen LogP contribution in [0, 0.1) is 10.1 Å². The predicted octanol–water partition coefficient (Wildman–Crippen LogP) is 2.50. The summed E-state index contributed by atoms with van der Waals surface area (Å²) < 4.78 is 0. The summed E-state index contributed by atoms with van der Waals surface area (Å²) in [5.74, 6) is -0.981. The Bertz CT molecular complexity index is 811. The Morgan fingerprint density at radius 2 is 1.91 bits per heavy atom. The van der Waals surface area contributed by atoms with E-state index in [1.165, 1.54) is 35.6 Å². The molecule has 3 rings (SSSR count). The van der Waals surface area contributed by atoms with Gasteiger partial charge in [0.1, 0.15) is 5.00 Å². The number of rotatable bonds is 4. The second kappa shape index (κ2) is 5.81. The number of carbonyl (C=O) groups is 2. The number of anilines is 1. The largest absolute Gasteiger partial charge is 0.365 e. The van der Waals surface area contributed by atoms with Crippen molar-refractivity contribution in [3.8, 4) is 0 Å². The van der Waals surface area contributed by atoms with Gasteiger partial charge in [0.2, 0.25) is 0 Å². The number of amides is 2. The van der Waals surface area contributed by atoms with E-state index in [2.05, 4.69) is 5.32 Å². The number of nitrogens with one attached hydrogen (secondary N) is 1. The van der Waals surface area contributed by atoms with Crippen molar-refractivity contribution in [3.63, 3.8) is 0 Å². The summed E-state index contributed by atoms with van der Waals surface area (Å²) in [4.78, 5) is 35.1. The summed E-state index contributed by atoms with van der Waals surface area (Å²) in [6.45, 7) is 0. The van der Waals surface area contributed by atoms with E-state index in [9.17, 15) is 19.7 Å². The first-order valence-corrected chi connectivity index (χ1v) is 7.79. The molecule has 1 heterocycles. The number of nitrogens with zero attached hydrogens (tertiary/aromatic N) is 1. The molecule has 1 aliphatic rings. The number of non-ortho nitro benzene ring substituents is 1. The molecule has 8 heteroatoms. The van der Waals surface area contributed by atoms with Gasteiger partial charge in [-0.3, -0.25) is 19.7 Å². The van der Waals surface area contributed by atoms with Crippen LogP contribution in [0.4, 0.5) is 10.7 Å². The Labute approximate surface area is 135 Å². The highest BCUT2D eigenvalue weighted by atomic mass is 32.1. The fraction of sp³-hybridized carbons (Fsp3) is 0.200. The number of aryl methyl sites for hydroxylation is 1. The molecule has 3 N–H and O–H groups in total. The first kappa shape index (κ1) is 15.2. The van der Waals surface area contributed by atoms with Gasteiger partial charge in [-0.25, -0.2) is 0 Å². The minimum Gasteiger partial charge on any atom is -0.365 e. The summed E-state index contributed by atoms with van der Waals surface area (Å²) in [5.41, 5.74) is 6.95. The van der Waals surface area contributed by atoms with Crippen LogP contribution in [0.3, 0.4) is 0 Å². The lowest BCUT2D eigenvalue weighted by Gasteiger charge is -2.06. The number of nitro groups is 1. The standard InChI is InChI=1S/C15H13N3O4S/c16-13(19)12-10-2-1-3-11(10)23-15(12)17-14(20)8-4-6-9(7-5-8)18(21)22/h4-7H,1-3H2,(H2,16,19)(H,17,20). The SMILES string of the molecule is NC(=O)c1c(NC(=O)c2ccc([N+](=O)[O-])cc2)sc2c1CCC2. The molecule has 0 saturated carbocycles. The fourth-order valence-corrected chi connectivity index (χ4v) is 3.95. The van der Waals surface area contributed by atoms with Gasteiger partial charge in [-0.15, -0.1) is 11.3 Å². The second-order valence-corrected chi connectivity index (χ2v) is 6.29. The molecule has 0 radical (unpaired) electrons. The van der Waals surface area contributed by atoms with Crippen LogP contribution in [0.25, 0.3) is 0 Å². The molecule has 118 valence electrons. The van der Waals surface area contributed by atoms with Gasteiger partial charge in [0.05, 0.1) is 10.5 Å². The van der Waals surface area contributed by atoms with Crippen LogP contribution < -0.4 is 11.1 Å². The Morgan fingerprint density at radius 3 is 2.52 bits per heavy atom. The van der Waals surface area contributed by atoms with Crippen molar-refractivity contribution in [1.82, 2.24) is 0 Å². The highest BCUT2D eigenvalue weighted by Crippen LogP contribution is 2.39. The minimum atomic E-state index is -0.552. The lowest BCUT2D eigenvalue weighted by Crippen LogP contribution is -2.17. The molecule has 1 aliphatic carbocycles. The maximum absolute atomic E-state index is 12.3. The van der Waals surface area contributed by atoms with E-state index in [0.29, 0.717) is 10.6 Å². The lowest BCUT2D eigenvalue weighted by molar-refractivity contribution is -0.384. The lowest BCUT2D eigenvalue weighted by atomic mass is 10.1. The van der Waals surface area contributed by atoms with E-state index < -0.39 is 16.7 Å². The van der Waals surface area contributed by atoms with Crippen molar-refractivity contribution < 1.29 is 14.5 Å². The van der Waals surface area contributed by atoms with Gasteiger partial charge in [-0.1, -0.05) is 0 Å². The molecule has 23 heavy (non-hydrogen) atoms. The molecule has 0 saturated heterocycles. The Hall–Kier alpha value is -2.74. The molecule has 1 aromatic carbocycles. The van der Waals surface area contributed by atoms with Gasteiger partial charge in [0, 0.05) is 22.6 Å². The third kappa shape index (κ3) is 2.80. The molecule has 1 aromatic heterocycles. The van der Waals surface area contributed by atoms with Crippen LogP contribution in [0.15, 0.2) is 24.3 Å². The zero-order valence-corrected chi connectivity index (χ0v) is 12.8. The molecular formula is C15H13N3O4S. The zero-order chi connectivity index (χ0) is 16.6. The van der Waals surface area contributed by atoms with E-state index >= 15 is 0 Å². The predicted molar refractivity (Wildman–Crippen MR) is 85.9 cm³/mol. The molecular weight excluding hydrogens is 318 g/mol. The molecule has 7 nitrogen and oxygen atoms in total. The van der Waals surface area contributed by atoms with Gasteiger partial charge < -0.3 is 11.1 Å². The van der Waals surface area contributed by atoms with E-state index in [4.69, 9.17) is 5.73 Å². The van der Waals surface area contributed by atoms with Crippen molar-refractivity contribution >= 4 is 33.8 Å². The fourth-order valence-electron chi connectivity index (χ4n) is 2.66. The van der Waals surface area contributed by atoms with Crippen LogP contribution in [-0.2, 0) is 12.8 Å². The molecule has 0 aliphatic heterocycles. The number of benzene rings is 1. The molecule has 0 bridgehead atoms. The summed E-state index contributed by atoms with van der Waals surface area (Å²) in [7, 11) is 0. The van der Waals surface area contributed by atoms with Crippen LogP contribution in [0.2, 0.25) is 0 Å². The van der Waals surface area contributed by atoms with Gasteiger partial charge in [-0.05, 0) is 37.0 Å². The van der Waals surface area contributed by atoms with E-state index in [0.717, 1.165) is 29.7 Å². The van der Waals surface area contributed by atoms with Gasteiger partial charge in [-0.2, -0.15) is 0 Å². The van der Waals surface area contributed by atoms with E-state index in [-0.39, 0.29) is 11.3 Å². The topological polar surface area (TPSA) is 115 Å². The van der Waals surface area contributed by atoms with E-state index in [1.54, 1.807) is 0 Å². The highest BCUT2D eigenvalue weighted by molar-refractivity contribution is 7.17. The molecule has 0 atom stereocenters. The number of primary amides is 1. The number of hydrogen-bond donors (Lipinski definition) is 2. The maximum Gasteiger partial charge on any atom is 0.269 e. The van der Waals surface area contributed by atoms with Crippen molar-refractivity contribution in [2.75, 3.05) is 5.32 Å². The van der Waals surface area contributed by atoms with Gasteiger partial charge >= 0.3 is 0 Å². The van der Waals surface area contributed by atoms with Crippen molar-refractivity contribution in [3.05, 3.63) is 55.9 Å². The summed E-state index contributed by atoms with van der Waals surface area (Å²) in [6, 6.07) is 5.27. The van der Waals surface area contributed by atoms with Crippen molar-refractivity contribution in [1.29, 1.82) is 0 Å². The summed E-state index contributed by atoms with van der Waals surface area (Å²) >= 11 is 1.37. The zero-order valence-electron chi connectivity index (χ0n) is 12.0. The van der Waals surface area contributed by atoms with Crippen LogP contribution in [0.1, 0.15) is 37.6 Å². The Kier molecular flexibility index (Phi) is 3.83. The number of fused-ring (bicyclic) bond motifs is 1. The quantitative estimate of drug-likeness (QED) is 0.661. The molecule has 0 fully saturated rings. The van der Waals surface area contributed by atoms with Crippen LogP contribution in [-0.4, -0.2) is 16.7 Å². The number of carbonyl (C=O) groups excluding carboxylic acids is 2. The number of nitro benzene ring substituents is 1. The number of nitrogens with two attached hydrogens (primary N) is 1. The second-order valence-electron chi connectivity index (χ2n) is 5.18. The first-order chi connectivity index (χ1) is 11.0. The monoisotopic (exact) mass is 331 g/mol. The normalized spacial score (nSPS) is 12.7. The van der Waals surface area contributed by atoms with Crippen LogP contribution >= 0.6 is 11.3 Å². The van der Waals surface area contributed by atoms with Crippen LogP contribution in [0.5, 0.6) is 0 Å². The van der Waals surface area contributed by atoms with Gasteiger partial charge in [0.25, 0.3) is 17.5 Å². The number of thiophene rings is 1. The Morgan fingerprint density at radius 1 is 1.22 bits per heavy atom. The third-order valence-corrected chi connectivity index (χ3v) is 4.94. The van der Waals surface area contributed by atoms with Gasteiger partial charge in [0.15, 0.2) is 0 Å². The average Bonchev–Trinajstić information content (AvgIpc) is 3.07. The molecule has 2 amide bonds. The number of hydrogen-bond acceptors (Lipinski definition) is 5. The molecule has 2 aromatic rings. The summed E-state index contributed by atoms with van der Waals surface area (Å²) in [5, 5.41) is 13.8. The summed E-state index contributed by atoms with van der Waals surface area (Å²) in [6.07, 6.45) is 2.66. The minimum absolute atomic E-state index is 0.0884. The third-order valence-electron chi connectivity index (χ3n) is 3.74. The van der Waals surface area contributed by atoms with Crippen molar-refractivity contribution in [2.45, 2.75) is 19.3 Å². The first-order valence-electron chi connectivity index (χ1n) is 6.97. The Balaban J connectivity index is 1.86. The van der Waals surface area contributed by atoms with Crippen molar-refractivity contribution in [2.24, 2.45) is 5.73 Å². The smallest absolute Gasteiger partial charge is 0.269 e. The maximum atomic E-state index is 12.3. The van der Waals surface area contributed by atoms with E-state index in [1.807, 2.05) is 0 Å². The molecule has 0 unspecified atom stereocenters. The highest BCUT2D eigenvalue weighted by Gasteiger charge is 2.26. The average molecular weight is 331 g/mol. The molecule has 0 spiro atoms.